The molecule has 0 unspecified atom stereocenters. The van der Waals surface area contributed by atoms with Crippen molar-refractivity contribution in [1.82, 2.24) is 30.4 Å². The van der Waals surface area contributed by atoms with E-state index in [9.17, 15) is 9.59 Å². The number of anilines is 1. The summed E-state index contributed by atoms with van der Waals surface area (Å²) >= 11 is 1.50. The number of benzene rings is 1. The number of hydrogen-bond acceptors (Lipinski definition) is 6. The molecule has 1 aliphatic heterocycles. The van der Waals surface area contributed by atoms with Crippen LogP contribution in [0.25, 0.3) is 11.4 Å². The van der Waals surface area contributed by atoms with E-state index in [2.05, 4.69) is 26.2 Å². The Labute approximate surface area is 171 Å². The molecule has 10 heteroatoms. The molecule has 1 aromatic carbocycles. The maximum Gasteiger partial charge on any atom is 0.321 e. The van der Waals surface area contributed by atoms with E-state index in [0.29, 0.717) is 30.2 Å². The first-order valence-electron chi connectivity index (χ1n) is 9.32. The topological polar surface area (TPSA) is 105 Å². The number of likely N-dealkylation sites (tertiary alicyclic amines) is 1. The van der Waals surface area contributed by atoms with Gasteiger partial charge in [-0.2, -0.15) is 11.3 Å². The second kappa shape index (κ2) is 8.39. The van der Waals surface area contributed by atoms with Gasteiger partial charge in [-0.05, 0) is 46.8 Å². The molecule has 3 heterocycles. The Balaban J connectivity index is 1.31. The number of thiophene rings is 1. The van der Waals surface area contributed by atoms with Crippen LogP contribution in [-0.4, -0.2) is 56.2 Å². The van der Waals surface area contributed by atoms with Gasteiger partial charge in [-0.1, -0.05) is 12.1 Å². The van der Waals surface area contributed by atoms with Gasteiger partial charge in [0.15, 0.2) is 5.82 Å². The van der Waals surface area contributed by atoms with Crippen LogP contribution in [0.1, 0.15) is 23.2 Å². The highest BCUT2D eigenvalue weighted by atomic mass is 32.1. The van der Waals surface area contributed by atoms with Crippen molar-refractivity contribution in [1.29, 1.82) is 0 Å². The number of piperidine rings is 1. The standard InChI is InChI=1S/C19H21N7O2S/c1-25-17(22-23-24-25)13-3-2-4-16(11-13)21-19(28)26-8-5-15(6-9-26)20-18(27)14-7-10-29-12-14/h2-4,7,10-12,15H,5-6,8-9H2,1H3,(H,20,27)(H,21,28). The summed E-state index contributed by atoms with van der Waals surface area (Å²) in [4.78, 5) is 26.6. The molecule has 0 atom stereocenters. The normalized spacial score (nSPS) is 14.6. The molecule has 3 aromatic rings. The van der Waals surface area contributed by atoms with Crippen molar-refractivity contribution in [2.75, 3.05) is 18.4 Å². The van der Waals surface area contributed by atoms with E-state index in [0.717, 1.165) is 18.4 Å². The van der Waals surface area contributed by atoms with Crippen LogP contribution in [0.5, 0.6) is 0 Å². The lowest BCUT2D eigenvalue weighted by Gasteiger charge is -2.32. The van der Waals surface area contributed by atoms with Crippen molar-refractivity contribution in [2.24, 2.45) is 7.05 Å². The van der Waals surface area contributed by atoms with Crippen LogP contribution in [0.2, 0.25) is 0 Å². The molecular weight excluding hydrogens is 390 g/mol. The van der Waals surface area contributed by atoms with E-state index in [-0.39, 0.29) is 18.0 Å². The van der Waals surface area contributed by atoms with Crippen LogP contribution in [0, 0.1) is 0 Å². The van der Waals surface area contributed by atoms with Gasteiger partial charge in [0.25, 0.3) is 5.91 Å². The van der Waals surface area contributed by atoms with Crippen molar-refractivity contribution < 1.29 is 9.59 Å². The second-order valence-electron chi connectivity index (χ2n) is 6.88. The average Bonchev–Trinajstić information content (AvgIpc) is 3.40. The number of tetrazole rings is 1. The predicted octanol–water partition coefficient (Wildman–Crippen LogP) is 2.36. The summed E-state index contributed by atoms with van der Waals surface area (Å²) in [5, 5.41) is 21.2. The summed E-state index contributed by atoms with van der Waals surface area (Å²) in [5.74, 6) is 0.576. The van der Waals surface area contributed by atoms with Crippen molar-refractivity contribution in [2.45, 2.75) is 18.9 Å². The largest absolute Gasteiger partial charge is 0.349 e. The van der Waals surface area contributed by atoms with Gasteiger partial charge >= 0.3 is 6.03 Å². The number of carbonyl (C=O) groups is 2. The predicted molar refractivity (Wildman–Crippen MR) is 110 cm³/mol. The van der Waals surface area contributed by atoms with E-state index in [1.165, 1.54) is 11.3 Å². The molecule has 1 saturated heterocycles. The summed E-state index contributed by atoms with van der Waals surface area (Å²) in [6, 6.07) is 9.16. The van der Waals surface area contributed by atoms with Gasteiger partial charge in [0, 0.05) is 48.4 Å². The van der Waals surface area contributed by atoms with Gasteiger partial charge in [0.1, 0.15) is 0 Å². The summed E-state index contributed by atoms with van der Waals surface area (Å²) < 4.78 is 1.58. The monoisotopic (exact) mass is 411 g/mol. The van der Waals surface area contributed by atoms with Crippen molar-refractivity contribution in [3.05, 3.63) is 46.7 Å². The molecule has 1 aliphatic rings. The number of aromatic nitrogens is 4. The number of hydrogen-bond donors (Lipinski definition) is 2. The summed E-state index contributed by atoms with van der Waals surface area (Å²) in [5.41, 5.74) is 2.20. The van der Waals surface area contributed by atoms with E-state index in [1.807, 2.05) is 41.1 Å². The summed E-state index contributed by atoms with van der Waals surface area (Å²) in [6.45, 7) is 1.18. The van der Waals surface area contributed by atoms with Crippen LogP contribution in [-0.2, 0) is 7.05 Å². The maximum atomic E-state index is 12.6. The van der Waals surface area contributed by atoms with E-state index < -0.39 is 0 Å². The van der Waals surface area contributed by atoms with Crippen molar-refractivity contribution in [3.63, 3.8) is 0 Å². The Morgan fingerprint density at radius 2 is 2.03 bits per heavy atom. The Kier molecular flexibility index (Phi) is 5.52. The molecule has 0 saturated carbocycles. The molecule has 0 radical (unpaired) electrons. The zero-order valence-corrected chi connectivity index (χ0v) is 16.7. The van der Waals surface area contributed by atoms with Gasteiger partial charge in [0.05, 0.1) is 0 Å². The van der Waals surface area contributed by atoms with Crippen molar-refractivity contribution in [3.8, 4) is 11.4 Å². The fourth-order valence-corrected chi connectivity index (χ4v) is 3.94. The van der Waals surface area contributed by atoms with Gasteiger partial charge in [0.2, 0.25) is 0 Å². The molecule has 0 spiro atoms. The first-order chi connectivity index (χ1) is 14.1. The minimum absolute atomic E-state index is 0.0516. The van der Waals surface area contributed by atoms with Gasteiger partial charge in [-0.25, -0.2) is 9.48 Å². The lowest BCUT2D eigenvalue weighted by Crippen LogP contribution is -2.47. The Morgan fingerprint density at radius 3 is 2.72 bits per heavy atom. The molecule has 29 heavy (non-hydrogen) atoms. The van der Waals surface area contributed by atoms with Gasteiger partial charge < -0.3 is 15.5 Å². The molecule has 2 aromatic heterocycles. The highest BCUT2D eigenvalue weighted by Gasteiger charge is 2.24. The highest BCUT2D eigenvalue weighted by Crippen LogP contribution is 2.20. The summed E-state index contributed by atoms with van der Waals surface area (Å²) in [6.07, 6.45) is 1.46. The van der Waals surface area contributed by atoms with Crippen LogP contribution in [0.15, 0.2) is 41.1 Å². The third kappa shape index (κ3) is 4.43. The van der Waals surface area contributed by atoms with Crippen molar-refractivity contribution >= 4 is 29.0 Å². The first-order valence-corrected chi connectivity index (χ1v) is 10.3. The highest BCUT2D eigenvalue weighted by molar-refractivity contribution is 7.08. The molecular formula is C19H21N7O2S. The van der Waals surface area contributed by atoms with Gasteiger partial charge in [-0.15, -0.1) is 5.10 Å². The molecule has 0 aliphatic carbocycles. The molecule has 3 amide bonds. The van der Waals surface area contributed by atoms with Gasteiger partial charge in [-0.3, -0.25) is 4.79 Å². The number of nitrogens with zero attached hydrogens (tertiary/aromatic N) is 5. The second-order valence-corrected chi connectivity index (χ2v) is 7.66. The van der Waals surface area contributed by atoms with Crippen LogP contribution in [0.3, 0.4) is 0 Å². The quantitative estimate of drug-likeness (QED) is 0.686. The average molecular weight is 411 g/mol. The Hall–Kier alpha value is -3.27. The minimum Gasteiger partial charge on any atom is -0.349 e. The third-order valence-electron chi connectivity index (χ3n) is 4.89. The number of rotatable bonds is 4. The summed E-state index contributed by atoms with van der Waals surface area (Å²) in [7, 11) is 1.77. The molecule has 4 rings (SSSR count). The fourth-order valence-electron chi connectivity index (χ4n) is 3.30. The van der Waals surface area contributed by atoms with Crippen LogP contribution in [0.4, 0.5) is 10.5 Å². The lowest BCUT2D eigenvalue weighted by molar-refractivity contribution is 0.0919. The molecule has 9 nitrogen and oxygen atoms in total. The van der Waals surface area contributed by atoms with Crippen LogP contribution >= 0.6 is 11.3 Å². The first kappa shape index (κ1) is 19.1. The molecule has 0 bridgehead atoms. The number of carbonyl (C=O) groups excluding carboxylic acids is 2. The number of aryl methyl sites for hydroxylation is 1. The lowest BCUT2D eigenvalue weighted by atomic mass is 10.0. The van der Waals surface area contributed by atoms with E-state index in [4.69, 9.17) is 0 Å². The minimum atomic E-state index is -0.152. The molecule has 1 fully saturated rings. The number of urea groups is 1. The Morgan fingerprint density at radius 1 is 1.21 bits per heavy atom. The van der Waals surface area contributed by atoms with Crippen LogP contribution < -0.4 is 10.6 Å². The van der Waals surface area contributed by atoms with E-state index in [1.54, 1.807) is 16.6 Å². The van der Waals surface area contributed by atoms with E-state index >= 15 is 0 Å². The molecule has 150 valence electrons. The fraction of sp³-hybridized carbons (Fsp3) is 0.316. The number of amides is 3. The number of nitrogens with one attached hydrogen (secondary N) is 2. The zero-order valence-electron chi connectivity index (χ0n) is 15.9. The zero-order chi connectivity index (χ0) is 20.2. The maximum absolute atomic E-state index is 12.6. The SMILES string of the molecule is Cn1nnnc1-c1cccc(NC(=O)N2CCC(NC(=O)c3ccsc3)CC2)c1. The Bertz CT molecular complexity index is 994. The third-order valence-corrected chi connectivity index (χ3v) is 5.58. The smallest absolute Gasteiger partial charge is 0.321 e. The molecule has 2 N–H and O–H groups in total.